The molecule has 1 saturated carbocycles. The van der Waals surface area contributed by atoms with Crippen LogP contribution in [0, 0.1) is 5.92 Å². The number of nitrogens with one attached hydrogen (secondary N) is 1. The Balaban J connectivity index is 1.21. The molecule has 0 spiro atoms. The van der Waals surface area contributed by atoms with Crippen LogP contribution in [0.4, 0.5) is 0 Å². The summed E-state index contributed by atoms with van der Waals surface area (Å²) in [7, 11) is 0. The Morgan fingerprint density at radius 2 is 1.97 bits per heavy atom. The summed E-state index contributed by atoms with van der Waals surface area (Å²) >= 11 is 0. The topological polar surface area (TPSA) is 65.5 Å². The third-order valence-electron chi connectivity index (χ3n) is 6.06. The molecule has 1 aliphatic carbocycles. The Bertz CT molecular complexity index is 855. The van der Waals surface area contributed by atoms with Crippen molar-refractivity contribution in [2.24, 2.45) is 5.92 Å². The van der Waals surface area contributed by atoms with Crippen LogP contribution in [0.1, 0.15) is 47.8 Å². The van der Waals surface area contributed by atoms with Crippen molar-refractivity contribution in [1.29, 1.82) is 0 Å². The minimum Gasteiger partial charge on any atom is -0.478 e. The normalized spacial score (nSPS) is 23.1. The Morgan fingerprint density at radius 1 is 1.21 bits per heavy atom. The SMILES string of the molecule is CC(=Cc1ccccc1)C1C[C@@H]1NC1CCN(Cc2ccc(C(=O)O)cn2)CC1. The van der Waals surface area contributed by atoms with Crippen LogP contribution in [-0.2, 0) is 6.54 Å². The van der Waals surface area contributed by atoms with E-state index < -0.39 is 5.97 Å². The van der Waals surface area contributed by atoms with E-state index in [0.717, 1.165) is 38.2 Å². The molecule has 5 heteroatoms. The third-order valence-corrected chi connectivity index (χ3v) is 6.06. The zero-order valence-corrected chi connectivity index (χ0v) is 16.9. The summed E-state index contributed by atoms with van der Waals surface area (Å²) in [5.74, 6) is -0.256. The number of benzene rings is 1. The largest absolute Gasteiger partial charge is 0.478 e. The van der Waals surface area contributed by atoms with Crippen molar-refractivity contribution in [2.45, 2.75) is 44.8 Å². The van der Waals surface area contributed by atoms with E-state index >= 15 is 0 Å². The monoisotopic (exact) mass is 391 g/mol. The van der Waals surface area contributed by atoms with E-state index in [0.29, 0.717) is 18.0 Å². The van der Waals surface area contributed by atoms with Crippen molar-refractivity contribution in [3.05, 3.63) is 71.1 Å². The lowest BCUT2D eigenvalue weighted by Crippen LogP contribution is -2.43. The maximum atomic E-state index is 10.9. The number of carbonyl (C=O) groups is 1. The number of carboxylic acid groups (broad SMARTS) is 1. The van der Waals surface area contributed by atoms with Crippen LogP contribution in [0.5, 0.6) is 0 Å². The van der Waals surface area contributed by atoms with Gasteiger partial charge in [0.2, 0.25) is 0 Å². The number of nitrogens with zero attached hydrogens (tertiary/aromatic N) is 2. The van der Waals surface area contributed by atoms with Gasteiger partial charge < -0.3 is 10.4 Å². The summed E-state index contributed by atoms with van der Waals surface area (Å²) in [5.41, 5.74) is 3.94. The molecule has 1 aromatic heterocycles. The predicted octanol–water partition coefficient (Wildman–Crippen LogP) is 3.83. The van der Waals surface area contributed by atoms with Crippen molar-refractivity contribution in [1.82, 2.24) is 15.2 Å². The second-order valence-corrected chi connectivity index (χ2v) is 8.31. The van der Waals surface area contributed by atoms with Crippen LogP contribution < -0.4 is 5.32 Å². The summed E-state index contributed by atoms with van der Waals surface area (Å²) in [6.45, 7) is 5.15. The van der Waals surface area contributed by atoms with Gasteiger partial charge in [0.25, 0.3) is 0 Å². The zero-order valence-electron chi connectivity index (χ0n) is 16.9. The average Bonchev–Trinajstić information content (AvgIpc) is 3.50. The fraction of sp³-hybridized carbons (Fsp3) is 0.417. The van der Waals surface area contributed by atoms with Gasteiger partial charge in [-0.25, -0.2) is 4.79 Å². The smallest absolute Gasteiger partial charge is 0.337 e. The molecule has 5 nitrogen and oxygen atoms in total. The Hall–Kier alpha value is -2.50. The molecule has 2 atom stereocenters. The van der Waals surface area contributed by atoms with Gasteiger partial charge in [0.05, 0.1) is 11.3 Å². The van der Waals surface area contributed by atoms with Crippen LogP contribution >= 0.6 is 0 Å². The fourth-order valence-electron chi connectivity index (χ4n) is 4.24. The van der Waals surface area contributed by atoms with Crippen molar-refractivity contribution in [3.8, 4) is 0 Å². The first kappa shape index (κ1) is 19.8. The van der Waals surface area contributed by atoms with Crippen LogP contribution in [0.2, 0.25) is 0 Å². The zero-order chi connectivity index (χ0) is 20.2. The molecule has 2 heterocycles. The first-order valence-electron chi connectivity index (χ1n) is 10.5. The van der Waals surface area contributed by atoms with Gasteiger partial charge in [-0.2, -0.15) is 0 Å². The highest BCUT2D eigenvalue weighted by molar-refractivity contribution is 5.87. The molecule has 4 rings (SSSR count). The van der Waals surface area contributed by atoms with Gasteiger partial charge in [0.1, 0.15) is 0 Å². The number of aromatic carboxylic acids is 1. The van der Waals surface area contributed by atoms with Gasteiger partial charge in [0.15, 0.2) is 0 Å². The van der Waals surface area contributed by atoms with Gasteiger partial charge >= 0.3 is 5.97 Å². The molecule has 1 saturated heterocycles. The molecular formula is C24H29N3O2. The molecule has 29 heavy (non-hydrogen) atoms. The fourth-order valence-corrected chi connectivity index (χ4v) is 4.24. The standard InChI is InChI=1S/C24H29N3O2/c1-17(13-18-5-3-2-4-6-18)22-14-23(22)26-20-9-11-27(12-10-20)16-21-8-7-19(15-25-21)24(28)29/h2-8,13,15,20,22-23,26H,9-12,14,16H2,1H3,(H,28,29)/t22?,23-/m0/s1. The minimum absolute atomic E-state index is 0.243. The lowest BCUT2D eigenvalue weighted by molar-refractivity contribution is 0.0696. The predicted molar refractivity (Wildman–Crippen MR) is 115 cm³/mol. The maximum absolute atomic E-state index is 10.9. The van der Waals surface area contributed by atoms with E-state index in [1.807, 2.05) is 6.07 Å². The number of aromatic nitrogens is 1. The molecule has 2 N–H and O–H groups in total. The number of likely N-dealkylation sites (tertiary alicyclic amines) is 1. The van der Waals surface area contributed by atoms with Crippen molar-refractivity contribution in [2.75, 3.05) is 13.1 Å². The van der Waals surface area contributed by atoms with Gasteiger partial charge in [-0.15, -0.1) is 0 Å². The first-order valence-corrected chi connectivity index (χ1v) is 10.5. The second kappa shape index (κ2) is 8.89. The minimum atomic E-state index is -0.928. The molecule has 0 bridgehead atoms. The first-order chi connectivity index (χ1) is 14.1. The molecular weight excluding hydrogens is 362 g/mol. The highest BCUT2D eigenvalue weighted by Crippen LogP contribution is 2.38. The summed E-state index contributed by atoms with van der Waals surface area (Å²) in [4.78, 5) is 17.6. The van der Waals surface area contributed by atoms with Gasteiger partial charge in [-0.1, -0.05) is 42.0 Å². The summed E-state index contributed by atoms with van der Waals surface area (Å²) < 4.78 is 0. The molecule has 0 amide bonds. The van der Waals surface area contributed by atoms with Gasteiger partial charge in [0, 0.05) is 37.9 Å². The van der Waals surface area contributed by atoms with Crippen molar-refractivity contribution < 1.29 is 9.90 Å². The van der Waals surface area contributed by atoms with Crippen LogP contribution in [0.25, 0.3) is 6.08 Å². The van der Waals surface area contributed by atoms with E-state index in [1.54, 1.807) is 6.07 Å². The summed E-state index contributed by atoms with van der Waals surface area (Å²) in [6, 6.07) is 15.2. The maximum Gasteiger partial charge on any atom is 0.337 e. The quantitative estimate of drug-likeness (QED) is 0.751. The Morgan fingerprint density at radius 3 is 2.62 bits per heavy atom. The molecule has 152 valence electrons. The van der Waals surface area contributed by atoms with E-state index in [1.165, 1.54) is 23.8 Å². The van der Waals surface area contributed by atoms with Crippen LogP contribution in [-0.4, -0.2) is 46.1 Å². The molecule has 1 aromatic carbocycles. The summed E-state index contributed by atoms with van der Waals surface area (Å²) in [5, 5.41) is 12.8. The van der Waals surface area contributed by atoms with Gasteiger partial charge in [-0.3, -0.25) is 9.88 Å². The highest BCUT2D eigenvalue weighted by Gasteiger charge is 2.39. The number of pyridine rings is 1. The van der Waals surface area contributed by atoms with Gasteiger partial charge in [-0.05, 0) is 49.8 Å². The van der Waals surface area contributed by atoms with Crippen LogP contribution in [0.3, 0.4) is 0 Å². The summed E-state index contributed by atoms with van der Waals surface area (Å²) in [6.07, 6.45) is 7.31. The number of hydrogen-bond acceptors (Lipinski definition) is 4. The number of piperidine rings is 1. The highest BCUT2D eigenvalue weighted by atomic mass is 16.4. The number of rotatable bonds is 7. The average molecular weight is 392 g/mol. The second-order valence-electron chi connectivity index (χ2n) is 8.31. The Kier molecular flexibility index (Phi) is 6.07. The van der Waals surface area contributed by atoms with E-state index in [4.69, 9.17) is 5.11 Å². The number of carboxylic acids is 1. The van der Waals surface area contributed by atoms with E-state index in [2.05, 4.69) is 58.5 Å². The van der Waals surface area contributed by atoms with Crippen molar-refractivity contribution >= 4 is 12.0 Å². The molecule has 0 radical (unpaired) electrons. The molecule has 1 aliphatic heterocycles. The molecule has 1 unspecified atom stereocenters. The molecule has 2 aliphatic rings. The lowest BCUT2D eigenvalue weighted by Gasteiger charge is -2.32. The van der Waals surface area contributed by atoms with Crippen molar-refractivity contribution in [3.63, 3.8) is 0 Å². The third kappa shape index (κ3) is 5.31. The van der Waals surface area contributed by atoms with Crippen LogP contribution in [0.15, 0.2) is 54.2 Å². The molecule has 2 aromatic rings. The van der Waals surface area contributed by atoms with E-state index in [9.17, 15) is 4.79 Å². The lowest BCUT2D eigenvalue weighted by atomic mass is 10.0. The molecule has 2 fully saturated rings. The number of hydrogen-bond donors (Lipinski definition) is 2. The van der Waals surface area contributed by atoms with E-state index in [-0.39, 0.29) is 5.56 Å². The Labute approximate surface area is 172 Å².